The Kier molecular flexibility index (Phi) is 4.67. The van der Waals surface area contributed by atoms with Crippen molar-refractivity contribution in [3.63, 3.8) is 0 Å². The predicted octanol–water partition coefficient (Wildman–Crippen LogP) is 2.23. The van der Waals surface area contributed by atoms with Crippen LogP contribution < -0.4 is 5.73 Å². The van der Waals surface area contributed by atoms with Crippen LogP contribution in [0.1, 0.15) is 23.2 Å². The second-order valence-corrected chi connectivity index (χ2v) is 6.41. The monoisotopic (exact) mass is 306 g/mol. The third-order valence-corrected chi connectivity index (χ3v) is 4.75. The zero-order valence-electron chi connectivity index (χ0n) is 13.0. The van der Waals surface area contributed by atoms with Crippen LogP contribution in [-0.2, 0) is 17.8 Å². The summed E-state index contributed by atoms with van der Waals surface area (Å²) >= 11 is 1.72. The molecule has 0 saturated heterocycles. The van der Waals surface area contributed by atoms with Gasteiger partial charge >= 0.3 is 0 Å². The number of hydrogen-bond acceptors (Lipinski definition) is 4. The maximum Gasteiger partial charge on any atom is 0.244 e. The molecule has 2 heterocycles. The second-order valence-electron chi connectivity index (χ2n) is 5.38. The maximum absolute atomic E-state index is 12.4. The average molecular weight is 306 g/mol. The Hall–Kier alpha value is -1.82. The molecule has 1 amide bonds. The fourth-order valence-corrected chi connectivity index (χ4v) is 3.03. The first kappa shape index (κ1) is 15.6. The van der Waals surface area contributed by atoms with E-state index in [2.05, 4.69) is 23.5 Å². The van der Waals surface area contributed by atoms with Crippen molar-refractivity contribution >= 4 is 22.9 Å². The van der Waals surface area contributed by atoms with Gasteiger partial charge in [-0.1, -0.05) is 6.07 Å². The summed E-state index contributed by atoms with van der Waals surface area (Å²) < 4.78 is 1.68. The molecule has 0 saturated carbocycles. The van der Waals surface area contributed by atoms with E-state index >= 15 is 0 Å². The molecule has 21 heavy (non-hydrogen) atoms. The average Bonchev–Trinajstić information content (AvgIpc) is 3.03. The number of carbonyl (C=O) groups is 1. The number of nitrogens with zero attached hydrogens (tertiary/aromatic N) is 3. The summed E-state index contributed by atoms with van der Waals surface area (Å²) in [5, 5.41) is 6.37. The number of aryl methyl sites for hydroxylation is 1. The van der Waals surface area contributed by atoms with Crippen molar-refractivity contribution < 1.29 is 4.79 Å². The summed E-state index contributed by atoms with van der Waals surface area (Å²) in [5.74, 6) is 0.0460. The van der Waals surface area contributed by atoms with E-state index in [0.29, 0.717) is 5.69 Å². The SMILES string of the molecule is Cc1nn(CC(=O)N(C)C(C)Cc2cccs2)c(C)c1N. The molecule has 0 fully saturated rings. The van der Waals surface area contributed by atoms with Gasteiger partial charge in [0.25, 0.3) is 0 Å². The van der Waals surface area contributed by atoms with Gasteiger partial charge in [0.05, 0.1) is 17.1 Å². The standard InChI is InChI=1S/C15H22N4OS/c1-10(8-13-6-5-7-21-13)18(4)14(20)9-19-12(3)15(16)11(2)17-19/h5-7,10H,8-9,16H2,1-4H3. The van der Waals surface area contributed by atoms with E-state index in [1.165, 1.54) is 4.88 Å². The molecule has 0 radical (unpaired) electrons. The molecule has 1 unspecified atom stereocenters. The molecule has 2 N–H and O–H groups in total. The van der Waals surface area contributed by atoms with Gasteiger partial charge in [-0.05, 0) is 32.2 Å². The number of thiophene rings is 1. The van der Waals surface area contributed by atoms with Gasteiger partial charge in [-0.25, -0.2) is 0 Å². The minimum absolute atomic E-state index is 0.0460. The fraction of sp³-hybridized carbons (Fsp3) is 0.467. The van der Waals surface area contributed by atoms with Gasteiger partial charge in [-0.3, -0.25) is 9.48 Å². The van der Waals surface area contributed by atoms with Crippen LogP contribution in [-0.4, -0.2) is 33.7 Å². The Morgan fingerprint density at radius 2 is 2.24 bits per heavy atom. The summed E-state index contributed by atoms with van der Waals surface area (Å²) in [6.45, 7) is 6.03. The predicted molar refractivity (Wildman–Crippen MR) is 86.4 cm³/mol. The molecule has 0 aliphatic carbocycles. The van der Waals surface area contributed by atoms with Crippen molar-refractivity contribution in [3.8, 4) is 0 Å². The van der Waals surface area contributed by atoms with Gasteiger partial charge in [0.1, 0.15) is 6.54 Å². The zero-order valence-corrected chi connectivity index (χ0v) is 13.8. The van der Waals surface area contributed by atoms with E-state index in [-0.39, 0.29) is 18.5 Å². The number of rotatable bonds is 5. The highest BCUT2D eigenvalue weighted by atomic mass is 32.1. The molecule has 114 valence electrons. The Morgan fingerprint density at radius 1 is 1.52 bits per heavy atom. The van der Waals surface area contributed by atoms with Crippen LogP contribution in [0.2, 0.25) is 0 Å². The molecule has 2 rings (SSSR count). The third kappa shape index (κ3) is 3.44. The molecular weight excluding hydrogens is 284 g/mol. The maximum atomic E-state index is 12.4. The minimum atomic E-state index is 0.0460. The van der Waals surface area contributed by atoms with Crippen molar-refractivity contribution in [1.29, 1.82) is 0 Å². The second kappa shape index (κ2) is 6.30. The Morgan fingerprint density at radius 3 is 2.76 bits per heavy atom. The quantitative estimate of drug-likeness (QED) is 0.921. The molecular formula is C15H22N4OS. The van der Waals surface area contributed by atoms with E-state index in [4.69, 9.17) is 5.73 Å². The van der Waals surface area contributed by atoms with Crippen LogP contribution in [0.4, 0.5) is 5.69 Å². The molecule has 0 aliphatic heterocycles. The highest BCUT2D eigenvalue weighted by molar-refractivity contribution is 7.09. The summed E-state index contributed by atoms with van der Waals surface area (Å²) in [6, 6.07) is 4.29. The number of likely N-dealkylation sites (N-methyl/N-ethyl adjacent to an activating group) is 1. The number of hydrogen-bond donors (Lipinski definition) is 1. The first-order valence-corrected chi connectivity index (χ1v) is 7.85. The lowest BCUT2D eigenvalue weighted by molar-refractivity contribution is -0.132. The van der Waals surface area contributed by atoms with Gasteiger partial charge in [0.2, 0.25) is 5.91 Å². The molecule has 0 bridgehead atoms. The highest BCUT2D eigenvalue weighted by Crippen LogP contribution is 2.16. The number of anilines is 1. The normalized spacial score (nSPS) is 12.4. The Labute approximate surface area is 129 Å². The van der Waals surface area contributed by atoms with Crippen LogP contribution >= 0.6 is 11.3 Å². The van der Waals surface area contributed by atoms with Gasteiger partial charge in [-0.2, -0.15) is 5.10 Å². The van der Waals surface area contributed by atoms with Gasteiger partial charge in [0.15, 0.2) is 0 Å². The van der Waals surface area contributed by atoms with Crippen LogP contribution in [0.15, 0.2) is 17.5 Å². The minimum Gasteiger partial charge on any atom is -0.396 e. The van der Waals surface area contributed by atoms with Crippen molar-refractivity contribution in [3.05, 3.63) is 33.8 Å². The van der Waals surface area contributed by atoms with E-state index < -0.39 is 0 Å². The Bertz CT molecular complexity index is 618. The molecule has 2 aromatic heterocycles. The third-order valence-electron chi connectivity index (χ3n) is 3.85. The number of aromatic nitrogens is 2. The highest BCUT2D eigenvalue weighted by Gasteiger charge is 2.19. The van der Waals surface area contributed by atoms with E-state index in [1.807, 2.05) is 27.0 Å². The largest absolute Gasteiger partial charge is 0.396 e. The van der Waals surface area contributed by atoms with Crippen LogP contribution in [0.5, 0.6) is 0 Å². The summed E-state index contributed by atoms with van der Waals surface area (Å²) in [5.41, 5.74) is 8.18. The van der Waals surface area contributed by atoms with Gasteiger partial charge < -0.3 is 10.6 Å². The molecule has 0 aliphatic rings. The first-order valence-electron chi connectivity index (χ1n) is 6.97. The molecule has 0 spiro atoms. The van der Waals surface area contributed by atoms with E-state index in [1.54, 1.807) is 20.9 Å². The van der Waals surface area contributed by atoms with Crippen molar-refractivity contribution in [2.45, 2.75) is 39.8 Å². The van der Waals surface area contributed by atoms with Crippen LogP contribution in [0.3, 0.4) is 0 Å². The Balaban J connectivity index is 2.00. The van der Waals surface area contributed by atoms with Gasteiger partial charge in [-0.15, -0.1) is 11.3 Å². The van der Waals surface area contributed by atoms with Crippen molar-refractivity contribution in [2.24, 2.45) is 0 Å². The lowest BCUT2D eigenvalue weighted by Crippen LogP contribution is -2.38. The number of carbonyl (C=O) groups excluding carboxylic acids is 1. The number of amides is 1. The molecule has 0 aromatic carbocycles. The molecule has 1 atom stereocenters. The molecule has 5 nitrogen and oxygen atoms in total. The lowest BCUT2D eigenvalue weighted by atomic mass is 10.2. The van der Waals surface area contributed by atoms with Gasteiger partial charge in [0, 0.05) is 24.4 Å². The number of nitrogen functional groups attached to an aromatic ring is 1. The number of nitrogens with two attached hydrogens (primary N) is 1. The molecule has 6 heteroatoms. The zero-order chi connectivity index (χ0) is 15.6. The smallest absolute Gasteiger partial charge is 0.244 e. The lowest BCUT2D eigenvalue weighted by Gasteiger charge is -2.24. The molecule has 2 aromatic rings. The van der Waals surface area contributed by atoms with Crippen LogP contribution in [0, 0.1) is 13.8 Å². The summed E-state index contributed by atoms with van der Waals surface area (Å²) in [4.78, 5) is 15.5. The fourth-order valence-electron chi connectivity index (χ4n) is 2.21. The summed E-state index contributed by atoms with van der Waals surface area (Å²) in [7, 11) is 1.84. The summed E-state index contributed by atoms with van der Waals surface area (Å²) in [6.07, 6.45) is 0.874. The topological polar surface area (TPSA) is 64.2 Å². The first-order chi connectivity index (χ1) is 9.90. The van der Waals surface area contributed by atoms with E-state index in [9.17, 15) is 4.79 Å². The van der Waals surface area contributed by atoms with Crippen molar-refractivity contribution in [2.75, 3.05) is 12.8 Å². The van der Waals surface area contributed by atoms with Crippen molar-refractivity contribution in [1.82, 2.24) is 14.7 Å². The van der Waals surface area contributed by atoms with E-state index in [0.717, 1.165) is 17.8 Å². The van der Waals surface area contributed by atoms with Crippen LogP contribution in [0.25, 0.3) is 0 Å².